The van der Waals surface area contributed by atoms with Crippen LogP contribution >= 0.6 is 24.0 Å². The lowest BCUT2D eigenvalue weighted by Crippen LogP contribution is -2.35. The predicted molar refractivity (Wildman–Crippen MR) is 121 cm³/mol. The van der Waals surface area contributed by atoms with Gasteiger partial charge in [-0.3, -0.25) is 18.9 Å². The van der Waals surface area contributed by atoms with Crippen LogP contribution in [0.25, 0.3) is 11.7 Å². The van der Waals surface area contributed by atoms with Crippen LogP contribution in [0.15, 0.2) is 28.0 Å². The normalized spacial score (nSPS) is 20.7. The van der Waals surface area contributed by atoms with Crippen LogP contribution in [0.5, 0.6) is 0 Å². The molecule has 0 radical (unpaired) electrons. The molecule has 2 aromatic rings. The molecule has 2 N–H and O–H groups in total. The van der Waals surface area contributed by atoms with Gasteiger partial charge >= 0.3 is 0 Å². The second kappa shape index (κ2) is 8.84. The van der Waals surface area contributed by atoms with Crippen LogP contribution in [-0.2, 0) is 9.53 Å². The Kier molecular flexibility index (Phi) is 6.19. The van der Waals surface area contributed by atoms with E-state index in [1.54, 1.807) is 23.2 Å². The Labute approximate surface area is 182 Å². The Balaban J connectivity index is 1.73. The van der Waals surface area contributed by atoms with E-state index < -0.39 is 0 Å². The highest BCUT2D eigenvalue weighted by atomic mass is 32.2. The molecule has 2 aliphatic heterocycles. The van der Waals surface area contributed by atoms with E-state index in [0.717, 1.165) is 18.4 Å². The Bertz CT molecular complexity index is 1090. The summed E-state index contributed by atoms with van der Waals surface area (Å²) in [7, 11) is 0. The molecular weight excluding hydrogens is 424 g/mol. The standard InChI is InChI=1S/C20H22N4O4S2/c1-12-4-2-7-23-17(12)22-16(21-6-8-25)14(18(23)26)10-15-19(27)24(20(29)30-15)11-13-5-3-9-28-13/h2,4,7,10,13,21,25H,3,5-6,8-9,11H2,1H3. The molecule has 4 rings (SSSR count). The van der Waals surface area contributed by atoms with Crippen molar-refractivity contribution in [2.24, 2.45) is 0 Å². The molecule has 0 saturated carbocycles. The predicted octanol–water partition coefficient (Wildman–Crippen LogP) is 1.79. The largest absolute Gasteiger partial charge is 0.395 e. The molecule has 0 spiro atoms. The van der Waals surface area contributed by atoms with Gasteiger partial charge in [-0.15, -0.1) is 0 Å². The van der Waals surface area contributed by atoms with Gasteiger partial charge in [0.2, 0.25) is 0 Å². The number of aliphatic hydroxyl groups excluding tert-OH is 1. The third kappa shape index (κ3) is 4.00. The Morgan fingerprint density at radius 2 is 2.30 bits per heavy atom. The fraction of sp³-hybridized carbons (Fsp3) is 0.400. The first-order chi connectivity index (χ1) is 14.5. The summed E-state index contributed by atoms with van der Waals surface area (Å²) < 4.78 is 7.54. The van der Waals surface area contributed by atoms with Crippen molar-refractivity contribution in [3.63, 3.8) is 0 Å². The lowest BCUT2D eigenvalue weighted by Gasteiger charge is -2.18. The minimum atomic E-state index is -0.298. The SMILES string of the molecule is Cc1cccn2c(=O)c(C=C3SC(=S)N(CC4CCCO4)C3=O)c(NCCO)nc12. The topological polar surface area (TPSA) is 96.2 Å². The van der Waals surface area contributed by atoms with Crippen molar-refractivity contribution in [2.45, 2.75) is 25.9 Å². The Hall–Kier alpha value is -2.27. The smallest absolute Gasteiger partial charge is 0.267 e. The number of pyridine rings is 1. The molecule has 2 aromatic heterocycles. The van der Waals surface area contributed by atoms with E-state index in [2.05, 4.69) is 10.3 Å². The van der Waals surface area contributed by atoms with E-state index in [1.165, 1.54) is 16.2 Å². The minimum Gasteiger partial charge on any atom is -0.395 e. The van der Waals surface area contributed by atoms with Crippen molar-refractivity contribution in [3.8, 4) is 0 Å². The number of thiocarbonyl (C=S) groups is 1. The average Bonchev–Trinajstić information content (AvgIpc) is 3.33. The minimum absolute atomic E-state index is 0.00966. The molecule has 10 heteroatoms. The molecule has 1 atom stereocenters. The zero-order chi connectivity index (χ0) is 21.3. The molecule has 2 fully saturated rings. The van der Waals surface area contributed by atoms with Gasteiger partial charge in [0, 0.05) is 19.3 Å². The molecule has 8 nitrogen and oxygen atoms in total. The van der Waals surface area contributed by atoms with Crippen LogP contribution in [-0.4, -0.2) is 62.0 Å². The zero-order valence-electron chi connectivity index (χ0n) is 16.5. The molecule has 2 aliphatic rings. The lowest BCUT2D eigenvalue weighted by molar-refractivity contribution is -0.123. The summed E-state index contributed by atoms with van der Waals surface area (Å²) in [6, 6.07) is 3.64. The molecule has 0 bridgehead atoms. The summed E-state index contributed by atoms with van der Waals surface area (Å²) in [6.45, 7) is 3.11. The van der Waals surface area contributed by atoms with E-state index in [4.69, 9.17) is 17.0 Å². The van der Waals surface area contributed by atoms with Crippen molar-refractivity contribution >= 4 is 51.7 Å². The zero-order valence-corrected chi connectivity index (χ0v) is 18.1. The van der Waals surface area contributed by atoms with E-state index in [0.29, 0.717) is 33.8 Å². The lowest BCUT2D eigenvalue weighted by atomic mass is 10.2. The molecule has 0 aromatic carbocycles. The molecule has 158 valence electrons. The van der Waals surface area contributed by atoms with Crippen molar-refractivity contribution in [2.75, 3.05) is 31.6 Å². The number of fused-ring (bicyclic) bond motifs is 1. The van der Waals surface area contributed by atoms with Crippen LogP contribution in [0.1, 0.15) is 24.0 Å². The highest BCUT2D eigenvalue weighted by Gasteiger charge is 2.35. The van der Waals surface area contributed by atoms with E-state index in [-0.39, 0.29) is 36.3 Å². The Morgan fingerprint density at radius 1 is 1.47 bits per heavy atom. The number of aliphatic hydroxyl groups is 1. The van der Waals surface area contributed by atoms with Crippen molar-refractivity contribution < 1.29 is 14.6 Å². The number of rotatable bonds is 6. The van der Waals surface area contributed by atoms with E-state index in [1.807, 2.05) is 13.0 Å². The number of nitrogens with one attached hydrogen (secondary N) is 1. The van der Waals surface area contributed by atoms with E-state index in [9.17, 15) is 14.7 Å². The number of aryl methyl sites for hydroxylation is 1. The average molecular weight is 447 g/mol. The molecule has 4 heterocycles. The summed E-state index contributed by atoms with van der Waals surface area (Å²) in [5, 5.41) is 12.2. The first kappa shape index (κ1) is 21.0. The molecule has 2 saturated heterocycles. The number of amides is 1. The van der Waals surface area contributed by atoms with Crippen LogP contribution < -0.4 is 10.9 Å². The summed E-state index contributed by atoms with van der Waals surface area (Å²) in [5.74, 6) is 0.0927. The van der Waals surface area contributed by atoms with Gasteiger partial charge in [0.05, 0.1) is 29.7 Å². The number of hydrogen-bond acceptors (Lipinski definition) is 8. The number of anilines is 1. The molecule has 1 amide bonds. The fourth-order valence-corrected chi connectivity index (χ4v) is 4.79. The summed E-state index contributed by atoms with van der Waals surface area (Å²) in [6.07, 6.45) is 5.06. The van der Waals surface area contributed by atoms with Crippen LogP contribution in [0.2, 0.25) is 0 Å². The van der Waals surface area contributed by atoms with Gasteiger partial charge in [-0.05, 0) is 37.5 Å². The fourth-order valence-electron chi connectivity index (χ4n) is 3.53. The third-order valence-corrected chi connectivity index (χ3v) is 6.43. The number of hydrogen-bond donors (Lipinski definition) is 2. The number of thioether (sulfide) groups is 1. The maximum Gasteiger partial charge on any atom is 0.267 e. The monoisotopic (exact) mass is 446 g/mol. The van der Waals surface area contributed by atoms with Gasteiger partial charge in [-0.2, -0.15) is 0 Å². The van der Waals surface area contributed by atoms with E-state index >= 15 is 0 Å². The summed E-state index contributed by atoms with van der Waals surface area (Å²) in [5.41, 5.74) is 1.32. The number of ether oxygens (including phenoxy) is 1. The van der Waals surface area contributed by atoms with Gasteiger partial charge in [0.1, 0.15) is 15.8 Å². The third-order valence-electron chi connectivity index (χ3n) is 5.05. The molecule has 30 heavy (non-hydrogen) atoms. The molecule has 1 unspecified atom stereocenters. The van der Waals surface area contributed by atoms with Crippen LogP contribution in [0.4, 0.5) is 5.82 Å². The van der Waals surface area contributed by atoms with Gasteiger partial charge in [0.25, 0.3) is 11.5 Å². The number of carbonyl (C=O) groups excluding carboxylic acids is 1. The van der Waals surface area contributed by atoms with Gasteiger partial charge < -0.3 is 15.2 Å². The van der Waals surface area contributed by atoms with Crippen molar-refractivity contribution in [3.05, 3.63) is 44.7 Å². The van der Waals surface area contributed by atoms with Gasteiger partial charge in [-0.1, -0.05) is 30.0 Å². The first-order valence-electron chi connectivity index (χ1n) is 9.73. The first-order valence-corrected chi connectivity index (χ1v) is 11.0. The van der Waals surface area contributed by atoms with Crippen molar-refractivity contribution in [1.29, 1.82) is 0 Å². The van der Waals surface area contributed by atoms with Gasteiger partial charge in [-0.25, -0.2) is 4.98 Å². The molecule has 0 aliphatic carbocycles. The maximum absolute atomic E-state index is 13.2. The van der Waals surface area contributed by atoms with Crippen molar-refractivity contribution in [1.82, 2.24) is 14.3 Å². The summed E-state index contributed by atoms with van der Waals surface area (Å²) in [4.78, 5) is 32.6. The second-order valence-corrected chi connectivity index (χ2v) is 8.82. The maximum atomic E-state index is 13.2. The second-order valence-electron chi connectivity index (χ2n) is 7.14. The van der Waals surface area contributed by atoms with Crippen LogP contribution in [0.3, 0.4) is 0 Å². The quantitative estimate of drug-likeness (QED) is 0.512. The number of carbonyl (C=O) groups is 1. The molecular formula is C20H22N4O4S2. The Morgan fingerprint density at radius 3 is 3.03 bits per heavy atom. The van der Waals surface area contributed by atoms with Gasteiger partial charge in [0.15, 0.2) is 0 Å². The highest BCUT2D eigenvalue weighted by Crippen LogP contribution is 2.34. The van der Waals surface area contributed by atoms with Crippen LogP contribution in [0, 0.1) is 6.92 Å². The summed E-state index contributed by atoms with van der Waals surface area (Å²) >= 11 is 6.57. The highest BCUT2D eigenvalue weighted by molar-refractivity contribution is 8.26. The number of aromatic nitrogens is 2. The number of nitrogens with zero attached hydrogens (tertiary/aromatic N) is 3.